The van der Waals surface area contributed by atoms with Crippen LogP contribution in [0.2, 0.25) is 0 Å². The third kappa shape index (κ3) is 8.13. The maximum absolute atomic E-state index is 13.1. The van der Waals surface area contributed by atoms with Gasteiger partial charge < -0.3 is 25.8 Å². The number of ether oxygens (including phenoxy) is 1. The molecule has 3 aromatic heterocycles. The number of carbonyl (C=O) groups is 1. The number of pyridine rings is 1. The number of hydrogen-bond acceptors (Lipinski definition) is 9. The average molecular weight is 621 g/mol. The molecule has 1 aliphatic carbocycles. The van der Waals surface area contributed by atoms with Gasteiger partial charge in [-0.2, -0.15) is 5.10 Å². The Labute approximate surface area is 264 Å². The minimum absolute atomic E-state index is 0.0105. The molecule has 13 heteroatoms. The van der Waals surface area contributed by atoms with Crippen LogP contribution < -0.4 is 26.0 Å². The molecule has 4 heterocycles. The molecule has 45 heavy (non-hydrogen) atoms. The van der Waals surface area contributed by atoms with Crippen LogP contribution in [0.4, 0.5) is 16.4 Å². The zero-order valence-corrected chi connectivity index (χ0v) is 27.1. The Morgan fingerprint density at radius 1 is 1.11 bits per heavy atom. The Bertz CT molecular complexity index is 1500. The Morgan fingerprint density at radius 3 is 2.53 bits per heavy atom. The summed E-state index contributed by atoms with van der Waals surface area (Å²) in [5.41, 5.74) is 7.94. The third-order valence-corrected chi connectivity index (χ3v) is 8.69. The van der Waals surface area contributed by atoms with Crippen LogP contribution in [-0.4, -0.2) is 72.2 Å². The summed E-state index contributed by atoms with van der Waals surface area (Å²) in [5, 5.41) is 28.3. The molecule has 244 valence electrons. The highest BCUT2D eigenvalue weighted by atomic mass is 16.5. The van der Waals surface area contributed by atoms with Crippen LogP contribution in [0.5, 0.6) is 5.75 Å². The number of fused-ring (bicyclic) bond motifs is 1. The Balaban J connectivity index is 1.18. The summed E-state index contributed by atoms with van der Waals surface area (Å²) in [5.74, 6) is 1.98. The quantitative estimate of drug-likeness (QED) is 0.214. The van der Waals surface area contributed by atoms with Gasteiger partial charge in [-0.15, -0.1) is 10.2 Å². The Hall–Kier alpha value is -4.13. The van der Waals surface area contributed by atoms with Gasteiger partial charge in [0.15, 0.2) is 5.65 Å². The number of nitrogens with zero attached hydrogens (tertiary/aromatic N) is 7. The van der Waals surface area contributed by atoms with Crippen molar-refractivity contribution < 1.29 is 14.6 Å². The number of urea groups is 1. The second kappa shape index (κ2) is 13.9. The SMILES string of the molecule is C[C@@H]1CCC[C@H](C)N1c1nnc2ccc(OC3CCC(NC(=O)NC(C=C(N)C(C)(C)C)=Nc4cnn(CCO)c4)CC3)cn12. The van der Waals surface area contributed by atoms with Crippen LogP contribution in [0.15, 0.2) is 47.5 Å². The van der Waals surface area contributed by atoms with Gasteiger partial charge in [0, 0.05) is 35.3 Å². The monoisotopic (exact) mass is 620 g/mol. The molecule has 1 aliphatic heterocycles. The first kappa shape index (κ1) is 32.3. The fraction of sp³-hybridized carbons (Fsp3) is 0.594. The van der Waals surface area contributed by atoms with Crippen molar-refractivity contribution in [1.29, 1.82) is 0 Å². The third-order valence-electron chi connectivity index (χ3n) is 8.69. The van der Waals surface area contributed by atoms with Gasteiger partial charge in [-0.05, 0) is 70.9 Å². The van der Waals surface area contributed by atoms with E-state index in [4.69, 9.17) is 10.5 Å². The first-order valence-electron chi connectivity index (χ1n) is 16.1. The van der Waals surface area contributed by atoms with E-state index in [1.165, 1.54) is 6.42 Å². The molecule has 0 spiro atoms. The van der Waals surface area contributed by atoms with Crippen molar-refractivity contribution in [2.24, 2.45) is 16.1 Å². The average Bonchev–Trinajstić information content (AvgIpc) is 3.60. The van der Waals surface area contributed by atoms with Crippen molar-refractivity contribution in [3.8, 4) is 5.75 Å². The van der Waals surface area contributed by atoms with E-state index in [0.29, 0.717) is 35.8 Å². The van der Waals surface area contributed by atoms with Crippen LogP contribution in [0.3, 0.4) is 0 Å². The smallest absolute Gasteiger partial charge is 0.320 e. The van der Waals surface area contributed by atoms with Crippen LogP contribution in [0.1, 0.15) is 79.6 Å². The lowest BCUT2D eigenvalue weighted by Gasteiger charge is -2.39. The summed E-state index contributed by atoms with van der Waals surface area (Å²) in [4.78, 5) is 20.0. The number of piperidine rings is 1. The van der Waals surface area contributed by atoms with E-state index in [1.54, 1.807) is 23.2 Å². The van der Waals surface area contributed by atoms with E-state index in [0.717, 1.165) is 55.9 Å². The van der Waals surface area contributed by atoms with Crippen molar-refractivity contribution in [3.05, 3.63) is 42.5 Å². The van der Waals surface area contributed by atoms with Crippen LogP contribution >= 0.6 is 0 Å². The molecule has 0 radical (unpaired) electrons. The highest BCUT2D eigenvalue weighted by Crippen LogP contribution is 2.30. The lowest BCUT2D eigenvalue weighted by Crippen LogP contribution is -2.46. The lowest BCUT2D eigenvalue weighted by atomic mass is 9.92. The molecule has 2 aliphatic rings. The first-order chi connectivity index (χ1) is 21.5. The topological polar surface area (TPSA) is 160 Å². The summed E-state index contributed by atoms with van der Waals surface area (Å²) >= 11 is 0. The summed E-state index contributed by atoms with van der Waals surface area (Å²) in [6.45, 7) is 10.8. The molecular formula is C32H48N10O3. The molecule has 2 atom stereocenters. The van der Waals surface area contributed by atoms with Crippen molar-refractivity contribution in [3.63, 3.8) is 0 Å². The van der Waals surface area contributed by atoms with Gasteiger partial charge in [0.2, 0.25) is 5.95 Å². The molecule has 1 saturated carbocycles. The van der Waals surface area contributed by atoms with Gasteiger partial charge in [0.1, 0.15) is 17.3 Å². The molecule has 3 aromatic rings. The number of aliphatic imine (C=N–C) groups is 1. The summed E-state index contributed by atoms with van der Waals surface area (Å²) in [6.07, 6.45) is 13.8. The van der Waals surface area contributed by atoms with Crippen LogP contribution in [0.25, 0.3) is 5.65 Å². The molecule has 0 bridgehead atoms. The first-order valence-corrected chi connectivity index (χ1v) is 16.1. The maximum Gasteiger partial charge on any atom is 0.320 e. The standard InChI is InChI=1S/C32H48N10O3/c1-21-7-6-8-22(2)42(21)31-39-38-29-14-13-26(20-41(29)31)45-25-11-9-23(10-12-25)36-30(44)37-28(17-27(33)32(3,4)5)35-24-18-34-40(19-24)15-16-43/h13-14,17-23,25,43H,6-12,15-16,33H2,1-5H3,(H2,35,36,37,44)/t21-,22+,23?,25?. The number of amides is 2. The normalized spacial score (nSPS) is 23.3. The fourth-order valence-electron chi connectivity index (χ4n) is 6.01. The van der Waals surface area contributed by atoms with Gasteiger partial charge in [0.25, 0.3) is 0 Å². The minimum Gasteiger partial charge on any atom is -0.489 e. The molecule has 5 N–H and O–H groups in total. The molecule has 0 aromatic carbocycles. The highest BCUT2D eigenvalue weighted by Gasteiger charge is 2.29. The molecule has 5 rings (SSSR count). The van der Waals surface area contributed by atoms with E-state index in [9.17, 15) is 9.90 Å². The lowest BCUT2D eigenvalue weighted by molar-refractivity contribution is 0.140. The Kier molecular flexibility index (Phi) is 9.96. The predicted molar refractivity (Wildman–Crippen MR) is 175 cm³/mol. The number of amidine groups is 1. The number of aromatic nitrogens is 5. The number of rotatable bonds is 8. The predicted octanol–water partition coefficient (Wildman–Crippen LogP) is 4.29. The molecule has 2 amide bonds. The van der Waals surface area contributed by atoms with Crippen molar-refractivity contribution >= 4 is 29.1 Å². The number of aliphatic hydroxyl groups excluding tert-OH is 1. The number of hydrogen-bond donors (Lipinski definition) is 4. The van der Waals surface area contributed by atoms with Gasteiger partial charge in [-0.3, -0.25) is 14.4 Å². The van der Waals surface area contributed by atoms with Gasteiger partial charge in [-0.1, -0.05) is 20.8 Å². The molecule has 13 nitrogen and oxygen atoms in total. The van der Waals surface area contributed by atoms with E-state index >= 15 is 0 Å². The zero-order valence-electron chi connectivity index (χ0n) is 27.1. The molecular weight excluding hydrogens is 572 g/mol. The highest BCUT2D eigenvalue weighted by molar-refractivity contribution is 6.05. The fourth-order valence-corrected chi connectivity index (χ4v) is 6.01. The summed E-state index contributed by atoms with van der Waals surface area (Å²) < 4.78 is 10.1. The molecule has 2 fully saturated rings. The molecule has 0 unspecified atom stereocenters. The van der Waals surface area contributed by atoms with E-state index in [1.807, 2.05) is 43.5 Å². The molecule has 1 saturated heterocycles. The van der Waals surface area contributed by atoms with E-state index in [-0.39, 0.29) is 30.2 Å². The van der Waals surface area contributed by atoms with Gasteiger partial charge >= 0.3 is 6.03 Å². The number of aliphatic hydroxyl groups is 1. The number of carbonyl (C=O) groups excluding carboxylic acids is 1. The zero-order chi connectivity index (χ0) is 32.1. The minimum atomic E-state index is -0.342. The second-order valence-electron chi connectivity index (χ2n) is 13.4. The second-order valence-corrected chi connectivity index (χ2v) is 13.4. The van der Waals surface area contributed by atoms with Gasteiger partial charge in [0.05, 0.1) is 37.8 Å². The van der Waals surface area contributed by atoms with Crippen LogP contribution in [-0.2, 0) is 6.54 Å². The Morgan fingerprint density at radius 2 is 1.84 bits per heavy atom. The van der Waals surface area contributed by atoms with E-state index < -0.39 is 0 Å². The van der Waals surface area contributed by atoms with Crippen molar-refractivity contribution in [2.45, 2.75) is 110 Å². The number of anilines is 1. The number of allylic oxidation sites excluding steroid dienone is 1. The summed E-state index contributed by atoms with van der Waals surface area (Å²) in [7, 11) is 0. The van der Waals surface area contributed by atoms with E-state index in [2.05, 4.69) is 49.7 Å². The number of nitrogens with one attached hydrogen (secondary N) is 2. The maximum atomic E-state index is 13.1. The largest absolute Gasteiger partial charge is 0.489 e. The van der Waals surface area contributed by atoms with Gasteiger partial charge in [-0.25, -0.2) is 9.79 Å². The number of nitrogens with two attached hydrogens (primary N) is 1. The van der Waals surface area contributed by atoms with Crippen molar-refractivity contribution in [2.75, 3.05) is 11.5 Å². The summed E-state index contributed by atoms with van der Waals surface area (Å²) in [6, 6.07) is 4.41. The van der Waals surface area contributed by atoms with Crippen molar-refractivity contribution in [1.82, 2.24) is 35.0 Å². The van der Waals surface area contributed by atoms with Crippen LogP contribution in [0, 0.1) is 5.41 Å².